The minimum atomic E-state index is -4.57. The maximum Gasteiger partial charge on any atom is 0.416 e. The first-order valence-corrected chi connectivity index (χ1v) is 7.44. The molecule has 3 N–H and O–H groups in total. The molecule has 1 aromatic carbocycles. The zero-order valence-corrected chi connectivity index (χ0v) is 13.0. The first-order chi connectivity index (χ1) is 11.7. The topological polar surface area (TPSA) is 98.7 Å². The van der Waals surface area contributed by atoms with Crippen molar-refractivity contribution in [3.05, 3.63) is 35.4 Å². The number of carbonyl (C=O) groups is 3. The van der Waals surface area contributed by atoms with E-state index < -0.39 is 35.6 Å². The minimum Gasteiger partial charge on any atom is -0.465 e. The van der Waals surface area contributed by atoms with Crippen molar-refractivity contribution in [2.24, 2.45) is 5.92 Å². The number of hydrazine groups is 1. The van der Waals surface area contributed by atoms with E-state index in [-0.39, 0.29) is 18.7 Å². The van der Waals surface area contributed by atoms with Crippen molar-refractivity contribution in [2.45, 2.75) is 19.0 Å². The van der Waals surface area contributed by atoms with Gasteiger partial charge in [0.15, 0.2) is 0 Å². The zero-order chi connectivity index (χ0) is 18.6. The second-order valence-corrected chi connectivity index (χ2v) is 5.57. The Morgan fingerprint density at radius 2 is 1.76 bits per heavy atom. The van der Waals surface area contributed by atoms with Crippen LogP contribution in [0.3, 0.4) is 0 Å². The normalized spacial score (nSPS) is 15.6. The summed E-state index contributed by atoms with van der Waals surface area (Å²) in [6.45, 7) is 0.407. The van der Waals surface area contributed by atoms with E-state index in [0.29, 0.717) is 18.9 Å². The Morgan fingerprint density at radius 1 is 1.12 bits per heavy atom. The van der Waals surface area contributed by atoms with Gasteiger partial charge in [0.1, 0.15) is 0 Å². The van der Waals surface area contributed by atoms with Gasteiger partial charge < -0.3 is 10.0 Å². The molecule has 0 atom stereocenters. The number of likely N-dealkylation sites (tertiary alicyclic amines) is 1. The summed E-state index contributed by atoms with van der Waals surface area (Å²) in [6.07, 6.45) is -5.02. The van der Waals surface area contributed by atoms with Crippen molar-refractivity contribution in [3.8, 4) is 0 Å². The molecule has 0 radical (unpaired) electrons. The highest BCUT2D eigenvalue weighted by Gasteiger charge is 2.31. The van der Waals surface area contributed by atoms with Gasteiger partial charge in [-0.1, -0.05) is 6.07 Å². The number of rotatable bonds is 2. The number of amides is 3. The van der Waals surface area contributed by atoms with Gasteiger partial charge in [0.05, 0.1) is 5.56 Å². The maximum atomic E-state index is 12.6. The number of nitrogens with zero attached hydrogens (tertiary/aromatic N) is 1. The van der Waals surface area contributed by atoms with Gasteiger partial charge in [-0.15, -0.1) is 0 Å². The molecule has 25 heavy (non-hydrogen) atoms. The fourth-order valence-electron chi connectivity index (χ4n) is 2.46. The number of piperidine rings is 1. The van der Waals surface area contributed by atoms with E-state index in [0.717, 1.165) is 12.1 Å². The Bertz CT molecular complexity index is 670. The fourth-order valence-corrected chi connectivity index (χ4v) is 2.46. The third-order valence-electron chi connectivity index (χ3n) is 3.89. The van der Waals surface area contributed by atoms with Crippen LogP contribution in [0.2, 0.25) is 0 Å². The molecule has 0 bridgehead atoms. The van der Waals surface area contributed by atoms with Crippen LogP contribution in [0.1, 0.15) is 28.8 Å². The van der Waals surface area contributed by atoms with Gasteiger partial charge in [-0.25, -0.2) is 4.79 Å². The zero-order valence-electron chi connectivity index (χ0n) is 13.0. The third kappa shape index (κ3) is 4.85. The number of benzene rings is 1. The lowest BCUT2D eigenvalue weighted by atomic mass is 9.96. The van der Waals surface area contributed by atoms with E-state index in [9.17, 15) is 27.6 Å². The molecule has 3 amide bonds. The van der Waals surface area contributed by atoms with Crippen molar-refractivity contribution >= 4 is 17.9 Å². The number of nitrogens with one attached hydrogen (secondary N) is 2. The van der Waals surface area contributed by atoms with Crippen LogP contribution in [-0.4, -0.2) is 41.0 Å². The lowest BCUT2D eigenvalue weighted by Gasteiger charge is -2.29. The van der Waals surface area contributed by atoms with Crippen LogP contribution >= 0.6 is 0 Å². The number of hydrogen-bond acceptors (Lipinski definition) is 3. The monoisotopic (exact) mass is 359 g/mol. The van der Waals surface area contributed by atoms with E-state index in [4.69, 9.17) is 5.11 Å². The average molecular weight is 359 g/mol. The standard InChI is InChI=1S/C15H16F3N3O4/c16-15(17,18)11-3-1-2-10(8-11)13(23)20-19-12(22)9-4-6-21(7-5-9)14(24)25/h1-3,8-9H,4-7H2,(H,19,22)(H,20,23)(H,24,25). The summed E-state index contributed by atoms with van der Waals surface area (Å²) in [5.74, 6) is -1.86. The van der Waals surface area contributed by atoms with Crippen LogP contribution in [0.25, 0.3) is 0 Å². The molecule has 0 spiro atoms. The molecule has 7 nitrogen and oxygen atoms in total. The molecule has 1 fully saturated rings. The van der Waals surface area contributed by atoms with Gasteiger partial charge >= 0.3 is 12.3 Å². The molecule has 0 saturated carbocycles. The molecule has 1 saturated heterocycles. The maximum absolute atomic E-state index is 12.6. The summed E-state index contributed by atoms with van der Waals surface area (Å²) in [6, 6.07) is 3.82. The second-order valence-electron chi connectivity index (χ2n) is 5.57. The van der Waals surface area contributed by atoms with Crippen LogP contribution in [0, 0.1) is 5.92 Å². The molecule has 0 aromatic heterocycles. The van der Waals surface area contributed by atoms with Gasteiger partial charge in [-0.05, 0) is 31.0 Å². The van der Waals surface area contributed by atoms with Crippen LogP contribution in [0.15, 0.2) is 24.3 Å². The van der Waals surface area contributed by atoms with Gasteiger partial charge in [0.25, 0.3) is 5.91 Å². The predicted molar refractivity (Wildman–Crippen MR) is 79.4 cm³/mol. The molecule has 1 heterocycles. The molecule has 1 aromatic rings. The lowest BCUT2D eigenvalue weighted by Crippen LogP contribution is -2.48. The Hall–Kier alpha value is -2.78. The highest BCUT2D eigenvalue weighted by atomic mass is 19.4. The highest BCUT2D eigenvalue weighted by Crippen LogP contribution is 2.29. The van der Waals surface area contributed by atoms with E-state index in [1.165, 1.54) is 11.0 Å². The van der Waals surface area contributed by atoms with Crippen molar-refractivity contribution < 1.29 is 32.7 Å². The average Bonchev–Trinajstić information content (AvgIpc) is 2.58. The van der Waals surface area contributed by atoms with Crippen molar-refractivity contribution in [2.75, 3.05) is 13.1 Å². The van der Waals surface area contributed by atoms with Gasteiger partial charge in [0, 0.05) is 24.6 Å². The summed E-state index contributed by atoms with van der Waals surface area (Å²) < 4.78 is 37.9. The molecule has 0 aliphatic carbocycles. The van der Waals surface area contributed by atoms with Gasteiger partial charge in [-0.2, -0.15) is 13.2 Å². The number of alkyl halides is 3. The largest absolute Gasteiger partial charge is 0.465 e. The van der Waals surface area contributed by atoms with Gasteiger partial charge in [0.2, 0.25) is 5.91 Å². The van der Waals surface area contributed by atoms with Crippen LogP contribution in [-0.2, 0) is 11.0 Å². The predicted octanol–water partition coefficient (Wildman–Crippen LogP) is 1.86. The Kier molecular flexibility index (Phi) is 5.50. The Labute approximate surface area is 140 Å². The molecule has 2 rings (SSSR count). The summed E-state index contributed by atoms with van der Waals surface area (Å²) in [5, 5.41) is 8.83. The van der Waals surface area contributed by atoms with Crippen LogP contribution in [0.4, 0.5) is 18.0 Å². The van der Waals surface area contributed by atoms with Crippen molar-refractivity contribution in [3.63, 3.8) is 0 Å². The van der Waals surface area contributed by atoms with E-state index in [1.54, 1.807) is 0 Å². The molecular weight excluding hydrogens is 343 g/mol. The quantitative estimate of drug-likeness (QED) is 0.702. The number of halogens is 3. The molecule has 136 valence electrons. The fraction of sp³-hybridized carbons (Fsp3) is 0.400. The van der Waals surface area contributed by atoms with E-state index in [2.05, 4.69) is 10.9 Å². The first kappa shape index (κ1) is 18.6. The highest BCUT2D eigenvalue weighted by molar-refractivity contribution is 5.95. The van der Waals surface area contributed by atoms with Crippen LogP contribution in [0.5, 0.6) is 0 Å². The van der Waals surface area contributed by atoms with E-state index >= 15 is 0 Å². The smallest absolute Gasteiger partial charge is 0.416 e. The SMILES string of the molecule is O=C(NNC(=O)C1CCN(C(=O)O)CC1)c1cccc(C(F)(F)F)c1. The number of carboxylic acid groups (broad SMARTS) is 1. The van der Waals surface area contributed by atoms with Gasteiger partial charge in [-0.3, -0.25) is 20.4 Å². The van der Waals surface area contributed by atoms with Crippen molar-refractivity contribution in [1.29, 1.82) is 0 Å². The lowest BCUT2D eigenvalue weighted by molar-refractivity contribution is -0.137. The first-order valence-electron chi connectivity index (χ1n) is 7.44. The number of hydrogen-bond donors (Lipinski definition) is 3. The minimum absolute atomic E-state index is 0.203. The number of carbonyl (C=O) groups excluding carboxylic acids is 2. The summed E-state index contributed by atoms with van der Waals surface area (Å²) >= 11 is 0. The third-order valence-corrected chi connectivity index (χ3v) is 3.89. The second kappa shape index (κ2) is 7.41. The molecule has 10 heteroatoms. The summed E-state index contributed by atoms with van der Waals surface area (Å²) in [4.78, 5) is 35.8. The van der Waals surface area contributed by atoms with Crippen LogP contribution < -0.4 is 10.9 Å². The Balaban J connectivity index is 1.88. The summed E-state index contributed by atoms with van der Waals surface area (Å²) in [7, 11) is 0. The molecule has 1 aliphatic rings. The summed E-state index contributed by atoms with van der Waals surface area (Å²) in [5.41, 5.74) is 3.03. The molecule has 0 unspecified atom stereocenters. The molecular formula is C15H16F3N3O4. The van der Waals surface area contributed by atoms with E-state index in [1.807, 2.05) is 0 Å². The van der Waals surface area contributed by atoms with Crippen molar-refractivity contribution in [1.82, 2.24) is 15.8 Å². The molecule has 1 aliphatic heterocycles. The Morgan fingerprint density at radius 3 is 2.32 bits per heavy atom.